The monoisotopic (exact) mass is 292 g/mol. The summed E-state index contributed by atoms with van der Waals surface area (Å²) in [5, 5.41) is 8.76. The van der Waals surface area contributed by atoms with Crippen molar-refractivity contribution in [1.29, 1.82) is 0 Å². The molecule has 0 unspecified atom stereocenters. The summed E-state index contributed by atoms with van der Waals surface area (Å²) in [7, 11) is 0. The van der Waals surface area contributed by atoms with Crippen LogP contribution in [0.15, 0.2) is 23.6 Å². The molecule has 1 aliphatic heterocycles. The molecule has 0 aliphatic carbocycles. The highest BCUT2D eigenvalue weighted by molar-refractivity contribution is 7.10. The van der Waals surface area contributed by atoms with E-state index in [1.165, 1.54) is 0 Å². The van der Waals surface area contributed by atoms with Gasteiger partial charge in [-0.15, -0.1) is 11.3 Å². The fourth-order valence-corrected chi connectivity index (χ4v) is 3.84. The molecule has 4 heteroatoms. The Morgan fingerprint density at radius 3 is 2.55 bits per heavy atom. The Labute approximate surface area is 125 Å². The summed E-state index contributed by atoms with van der Waals surface area (Å²) in [6.45, 7) is 8.76. The molecule has 1 amide bonds. The molecule has 2 N–H and O–H groups in total. The minimum atomic E-state index is -0.00287. The first-order valence-electron chi connectivity index (χ1n) is 7.07. The van der Waals surface area contributed by atoms with E-state index in [-0.39, 0.29) is 23.0 Å². The van der Waals surface area contributed by atoms with E-state index >= 15 is 0 Å². The average Bonchev–Trinajstić information content (AvgIpc) is 2.74. The van der Waals surface area contributed by atoms with Gasteiger partial charge >= 0.3 is 0 Å². The lowest BCUT2D eigenvalue weighted by molar-refractivity contribution is -0.117. The SMILES string of the molecule is CC1(C)CC(NC(=O)/C=C/c2cccs2)CC(C)(C)N1. The van der Waals surface area contributed by atoms with E-state index in [0.29, 0.717) is 0 Å². The van der Waals surface area contributed by atoms with E-state index in [9.17, 15) is 4.79 Å². The standard InChI is InChI=1S/C16H24N2OS/c1-15(2)10-12(11-16(3,4)18-15)17-14(19)8-7-13-6-5-9-20-13/h5-9,12,18H,10-11H2,1-4H3,(H,17,19)/b8-7+. The second-order valence-corrected chi connectivity index (χ2v) is 7.83. The summed E-state index contributed by atoms with van der Waals surface area (Å²) in [6, 6.07) is 4.22. The van der Waals surface area contributed by atoms with Gasteiger partial charge in [-0.1, -0.05) is 6.07 Å². The van der Waals surface area contributed by atoms with Crippen LogP contribution in [0.1, 0.15) is 45.4 Å². The van der Waals surface area contributed by atoms with Gasteiger partial charge in [0.25, 0.3) is 0 Å². The van der Waals surface area contributed by atoms with Crippen molar-refractivity contribution in [2.75, 3.05) is 0 Å². The van der Waals surface area contributed by atoms with Crippen LogP contribution in [0, 0.1) is 0 Å². The van der Waals surface area contributed by atoms with E-state index in [0.717, 1.165) is 17.7 Å². The van der Waals surface area contributed by atoms with Crippen LogP contribution in [-0.4, -0.2) is 23.0 Å². The number of carbonyl (C=O) groups excluding carboxylic acids is 1. The Morgan fingerprint density at radius 1 is 1.35 bits per heavy atom. The quantitative estimate of drug-likeness (QED) is 0.840. The molecule has 1 aromatic heterocycles. The van der Waals surface area contributed by atoms with Crippen molar-refractivity contribution in [3.8, 4) is 0 Å². The van der Waals surface area contributed by atoms with Crippen molar-refractivity contribution in [2.45, 2.75) is 57.7 Å². The molecule has 1 aromatic rings. The Bertz CT molecular complexity index is 473. The van der Waals surface area contributed by atoms with Crippen molar-refractivity contribution in [3.05, 3.63) is 28.5 Å². The van der Waals surface area contributed by atoms with Crippen molar-refractivity contribution >= 4 is 23.3 Å². The summed E-state index contributed by atoms with van der Waals surface area (Å²) in [6.07, 6.45) is 5.41. The van der Waals surface area contributed by atoms with Crippen molar-refractivity contribution in [1.82, 2.24) is 10.6 Å². The number of hydrogen-bond acceptors (Lipinski definition) is 3. The Balaban J connectivity index is 1.94. The third-order valence-corrected chi connectivity index (χ3v) is 4.32. The molecule has 0 atom stereocenters. The molecule has 2 rings (SSSR count). The molecule has 0 radical (unpaired) electrons. The van der Waals surface area contributed by atoms with Crippen LogP contribution in [0.4, 0.5) is 0 Å². The summed E-state index contributed by atoms with van der Waals surface area (Å²) in [5.41, 5.74) is 0.105. The summed E-state index contributed by atoms with van der Waals surface area (Å²) in [5.74, 6) is -0.00287. The van der Waals surface area contributed by atoms with Gasteiger partial charge in [0.05, 0.1) is 0 Å². The van der Waals surface area contributed by atoms with Crippen LogP contribution in [0.3, 0.4) is 0 Å². The molecule has 1 fully saturated rings. The molecule has 0 saturated carbocycles. The minimum Gasteiger partial charge on any atom is -0.350 e. The first kappa shape index (κ1) is 15.3. The predicted octanol–water partition coefficient (Wildman–Crippen LogP) is 3.19. The summed E-state index contributed by atoms with van der Waals surface area (Å²) >= 11 is 1.63. The van der Waals surface area contributed by atoms with Crippen molar-refractivity contribution < 1.29 is 4.79 Å². The molecule has 0 bridgehead atoms. The molecule has 1 aliphatic rings. The number of piperidine rings is 1. The fraction of sp³-hybridized carbons (Fsp3) is 0.562. The van der Waals surface area contributed by atoms with Crippen LogP contribution in [-0.2, 0) is 4.79 Å². The van der Waals surface area contributed by atoms with Gasteiger partial charge in [0, 0.05) is 28.1 Å². The molecular formula is C16H24N2OS. The van der Waals surface area contributed by atoms with Gasteiger partial charge in [-0.05, 0) is 58.1 Å². The maximum atomic E-state index is 12.0. The number of carbonyl (C=O) groups is 1. The lowest BCUT2D eigenvalue weighted by atomic mass is 9.79. The molecule has 0 spiro atoms. The van der Waals surface area contributed by atoms with Crippen LogP contribution in [0.5, 0.6) is 0 Å². The molecule has 3 nitrogen and oxygen atoms in total. The van der Waals surface area contributed by atoms with Crippen LogP contribution < -0.4 is 10.6 Å². The highest BCUT2D eigenvalue weighted by atomic mass is 32.1. The van der Waals surface area contributed by atoms with E-state index in [4.69, 9.17) is 0 Å². The third-order valence-electron chi connectivity index (χ3n) is 3.48. The zero-order valence-electron chi connectivity index (χ0n) is 12.7. The second kappa shape index (κ2) is 5.70. The smallest absolute Gasteiger partial charge is 0.244 e. The number of amides is 1. The third kappa shape index (κ3) is 4.46. The molecule has 2 heterocycles. The Kier molecular flexibility index (Phi) is 4.35. The van der Waals surface area contributed by atoms with E-state index in [1.807, 2.05) is 23.6 Å². The molecular weight excluding hydrogens is 268 g/mol. The lowest BCUT2D eigenvalue weighted by Gasteiger charge is -2.46. The molecule has 0 aromatic carbocycles. The first-order chi connectivity index (χ1) is 9.26. The fourth-order valence-electron chi connectivity index (χ4n) is 3.22. The second-order valence-electron chi connectivity index (χ2n) is 6.86. The Morgan fingerprint density at radius 2 is 2.00 bits per heavy atom. The highest BCUT2D eigenvalue weighted by Crippen LogP contribution is 2.28. The number of nitrogens with one attached hydrogen (secondary N) is 2. The molecule has 1 saturated heterocycles. The summed E-state index contributed by atoms with van der Waals surface area (Å²) in [4.78, 5) is 13.1. The number of rotatable bonds is 3. The van der Waals surface area contributed by atoms with Crippen LogP contribution in [0.25, 0.3) is 6.08 Å². The van der Waals surface area contributed by atoms with E-state index in [1.54, 1.807) is 17.4 Å². The minimum absolute atomic E-state index is 0.00287. The normalized spacial score (nSPS) is 22.0. The van der Waals surface area contributed by atoms with Gasteiger partial charge in [0.15, 0.2) is 0 Å². The average molecular weight is 292 g/mol. The number of thiophene rings is 1. The largest absolute Gasteiger partial charge is 0.350 e. The maximum absolute atomic E-state index is 12.0. The maximum Gasteiger partial charge on any atom is 0.244 e. The summed E-state index contributed by atoms with van der Waals surface area (Å²) < 4.78 is 0. The lowest BCUT2D eigenvalue weighted by Crippen LogP contribution is -2.62. The number of hydrogen-bond donors (Lipinski definition) is 2. The van der Waals surface area contributed by atoms with Gasteiger partial charge in [0.1, 0.15) is 0 Å². The van der Waals surface area contributed by atoms with Gasteiger partial charge < -0.3 is 10.6 Å². The zero-order valence-corrected chi connectivity index (χ0v) is 13.5. The van der Waals surface area contributed by atoms with Gasteiger partial charge in [-0.2, -0.15) is 0 Å². The highest BCUT2D eigenvalue weighted by Gasteiger charge is 2.37. The van der Waals surface area contributed by atoms with Gasteiger partial charge in [-0.25, -0.2) is 0 Å². The van der Waals surface area contributed by atoms with Crippen LogP contribution >= 0.6 is 11.3 Å². The predicted molar refractivity (Wildman–Crippen MR) is 85.8 cm³/mol. The molecule has 20 heavy (non-hydrogen) atoms. The van der Waals surface area contributed by atoms with Crippen molar-refractivity contribution in [3.63, 3.8) is 0 Å². The Hall–Kier alpha value is -1.13. The zero-order chi connectivity index (χ0) is 14.8. The van der Waals surface area contributed by atoms with Gasteiger partial charge in [0.2, 0.25) is 5.91 Å². The van der Waals surface area contributed by atoms with Crippen LogP contribution in [0.2, 0.25) is 0 Å². The first-order valence-corrected chi connectivity index (χ1v) is 7.95. The molecule has 110 valence electrons. The van der Waals surface area contributed by atoms with E-state index in [2.05, 4.69) is 38.3 Å². The van der Waals surface area contributed by atoms with Gasteiger partial charge in [-0.3, -0.25) is 4.79 Å². The van der Waals surface area contributed by atoms with E-state index < -0.39 is 0 Å². The topological polar surface area (TPSA) is 41.1 Å². The van der Waals surface area contributed by atoms with Crippen molar-refractivity contribution in [2.24, 2.45) is 0 Å².